The number of carbonyl (C=O) groups is 3. The number of rotatable bonds is 8. The van der Waals surface area contributed by atoms with Crippen molar-refractivity contribution in [3.05, 3.63) is 71.5 Å². The average Bonchev–Trinajstić information content (AvgIpc) is 3.45. The van der Waals surface area contributed by atoms with Gasteiger partial charge < -0.3 is 20.4 Å². The number of carbonyl (C=O) groups excluding carboxylic acids is 3. The largest absolute Gasteiger partial charge is 0.451 e. The Morgan fingerprint density at radius 1 is 1.05 bits per heavy atom. The second-order valence-electron chi connectivity index (χ2n) is 9.27. The predicted octanol–water partition coefficient (Wildman–Crippen LogP) is 4.11. The SMILES string of the molecule is CNC(=O)C(NC(=O)c1ccc(-c2cccc(CNC(=O)c3ccnc(C(F)(F)F)n3)c2)o1)C1CCCCC1. The van der Waals surface area contributed by atoms with Crippen LogP contribution in [0.5, 0.6) is 0 Å². The maximum absolute atomic E-state index is 12.9. The molecule has 0 saturated heterocycles. The number of amides is 3. The molecule has 1 atom stereocenters. The number of alkyl halides is 3. The van der Waals surface area contributed by atoms with Gasteiger partial charge in [-0.05, 0) is 48.6 Å². The van der Waals surface area contributed by atoms with Crippen molar-refractivity contribution in [2.45, 2.75) is 50.9 Å². The van der Waals surface area contributed by atoms with Gasteiger partial charge >= 0.3 is 6.18 Å². The number of halogens is 3. The molecular weight excluding hydrogens is 515 g/mol. The standard InChI is InChI=1S/C27H28F3N5O4/c1-31-25(38)22(17-7-3-2-4-8-17)35-24(37)21-11-10-20(39-21)18-9-5-6-16(14-18)15-33-23(36)19-12-13-32-26(34-19)27(28,29)30/h5-6,9-14,17,22H,2-4,7-8,15H2,1H3,(H,31,38)(H,33,36)(H,35,37). The van der Waals surface area contributed by atoms with E-state index in [0.717, 1.165) is 44.4 Å². The molecule has 3 aromatic rings. The van der Waals surface area contributed by atoms with E-state index in [9.17, 15) is 27.6 Å². The lowest BCUT2D eigenvalue weighted by Gasteiger charge is -2.29. The molecule has 1 saturated carbocycles. The number of likely N-dealkylation sites (N-methyl/N-ethyl adjacent to an activating group) is 1. The molecule has 4 rings (SSSR count). The van der Waals surface area contributed by atoms with Crippen LogP contribution in [0, 0.1) is 5.92 Å². The summed E-state index contributed by atoms with van der Waals surface area (Å²) >= 11 is 0. The zero-order valence-corrected chi connectivity index (χ0v) is 21.2. The van der Waals surface area contributed by atoms with Crippen LogP contribution in [0.3, 0.4) is 0 Å². The van der Waals surface area contributed by atoms with Gasteiger partial charge in [-0.3, -0.25) is 14.4 Å². The van der Waals surface area contributed by atoms with Crippen LogP contribution in [0.4, 0.5) is 13.2 Å². The molecular formula is C27H28F3N5O4. The Hall–Kier alpha value is -4.22. The lowest BCUT2D eigenvalue weighted by Crippen LogP contribution is -2.50. The van der Waals surface area contributed by atoms with Gasteiger partial charge in [0.15, 0.2) is 5.76 Å². The molecule has 206 valence electrons. The second kappa shape index (κ2) is 12.1. The summed E-state index contributed by atoms with van der Waals surface area (Å²) in [5, 5.41) is 7.98. The highest BCUT2D eigenvalue weighted by Gasteiger charge is 2.35. The maximum Gasteiger partial charge on any atom is 0.451 e. The smallest absolute Gasteiger partial charge is 0.451 e. The number of aromatic nitrogens is 2. The quantitative estimate of drug-likeness (QED) is 0.393. The first kappa shape index (κ1) is 27.8. The number of nitrogens with zero attached hydrogens (tertiary/aromatic N) is 2. The zero-order chi connectivity index (χ0) is 28.0. The lowest BCUT2D eigenvalue weighted by molar-refractivity contribution is -0.145. The highest BCUT2D eigenvalue weighted by Crippen LogP contribution is 2.28. The van der Waals surface area contributed by atoms with E-state index in [4.69, 9.17) is 4.42 Å². The molecule has 9 nitrogen and oxygen atoms in total. The Morgan fingerprint density at radius 3 is 2.54 bits per heavy atom. The number of hydrogen-bond donors (Lipinski definition) is 3. The minimum absolute atomic E-state index is 0.0152. The second-order valence-corrected chi connectivity index (χ2v) is 9.27. The fourth-order valence-corrected chi connectivity index (χ4v) is 4.58. The monoisotopic (exact) mass is 543 g/mol. The molecule has 12 heteroatoms. The van der Waals surface area contributed by atoms with Crippen molar-refractivity contribution < 1.29 is 32.0 Å². The third-order valence-electron chi connectivity index (χ3n) is 6.57. The van der Waals surface area contributed by atoms with Crippen molar-refractivity contribution in [3.8, 4) is 11.3 Å². The lowest BCUT2D eigenvalue weighted by atomic mass is 9.83. The van der Waals surface area contributed by atoms with Crippen molar-refractivity contribution in [2.75, 3.05) is 7.05 Å². The van der Waals surface area contributed by atoms with E-state index in [2.05, 4.69) is 25.9 Å². The Kier molecular flexibility index (Phi) is 8.62. The van der Waals surface area contributed by atoms with E-state index in [-0.39, 0.29) is 24.1 Å². The summed E-state index contributed by atoms with van der Waals surface area (Å²) in [5.74, 6) is -2.40. The summed E-state index contributed by atoms with van der Waals surface area (Å²) in [6.45, 7) is 0.0152. The van der Waals surface area contributed by atoms with Gasteiger partial charge in [0, 0.05) is 25.4 Å². The maximum atomic E-state index is 12.9. The van der Waals surface area contributed by atoms with Crippen molar-refractivity contribution in [3.63, 3.8) is 0 Å². The predicted molar refractivity (Wildman–Crippen MR) is 134 cm³/mol. The van der Waals surface area contributed by atoms with Crippen LogP contribution in [0.1, 0.15) is 64.5 Å². The molecule has 1 aliphatic carbocycles. The molecule has 0 bridgehead atoms. The molecule has 1 aliphatic rings. The zero-order valence-electron chi connectivity index (χ0n) is 21.2. The molecule has 0 radical (unpaired) electrons. The first-order chi connectivity index (χ1) is 18.7. The third kappa shape index (κ3) is 7.01. The fraction of sp³-hybridized carbons (Fsp3) is 0.370. The molecule has 2 heterocycles. The van der Waals surface area contributed by atoms with Gasteiger partial charge in [-0.2, -0.15) is 13.2 Å². The van der Waals surface area contributed by atoms with Gasteiger partial charge in [0.1, 0.15) is 17.5 Å². The number of furan rings is 1. The number of hydrogen-bond acceptors (Lipinski definition) is 6. The summed E-state index contributed by atoms with van der Waals surface area (Å²) in [5.41, 5.74) is 0.862. The van der Waals surface area contributed by atoms with Gasteiger partial charge in [-0.1, -0.05) is 37.5 Å². The van der Waals surface area contributed by atoms with Crippen molar-refractivity contribution in [2.24, 2.45) is 5.92 Å². The van der Waals surface area contributed by atoms with E-state index in [1.165, 1.54) is 13.1 Å². The molecule has 3 amide bonds. The van der Waals surface area contributed by atoms with Crippen molar-refractivity contribution >= 4 is 17.7 Å². The van der Waals surface area contributed by atoms with Crippen molar-refractivity contribution in [1.82, 2.24) is 25.9 Å². The molecule has 1 aromatic carbocycles. The van der Waals surface area contributed by atoms with E-state index in [1.54, 1.807) is 30.3 Å². The fourth-order valence-electron chi connectivity index (χ4n) is 4.58. The number of nitrogens with one attached hydrogen (secondary N) is 3. The average molecular weight is 544 g/mol. The molecule has 3 N–H and O–H groups in total. The molecule has 39 heavy (non-hydrogen) atoms. The van der Waals surface area contributed by atoms with E-state index >= 15 is 0 Å². The minimum Gasteiger partial charge on any atom is -0.451 e. The van der Waals surface area contributed by atoms with E-state index < -0.39 is 35.6 Å². The Balaban J connectivity index is 1.41. The normalized spacial score (nSPS) is 14.9. The highest BCUT2D eigenvalue weighted by atomic mass is 19.4. The Bertz CT molecular complexity index is 1330. The van der Waals surface area contributed by atoms with Crippen LogP contribution in [0.15, 0.2) is 53.1 Å². The Morgan fingerprint density at radius 2 is 1.82 bits per heavy atom. The summed E-state index contributed by atoms with van der Waals surface area (Å²) in [7, 11) is 1.54. The van der Waals surface area contributed by atoms with Crippen LogP contribution in [0.2, 0.25) is 0 Å². The van der Waals surface area contributed by atoms with Gasteiger partial charge in [0.2, 0.25) is 11.7 Å². The molecule has 2 aromatic heterocycles. The summed E-state index contributed by atoms with van der Waals surface area (Å²) in [4.78, 5) is 44.1. The summed E-state index contributed by atoms with van der Waals surface area (Å²) in [6, 6.07) is 10.5. The molecule has 1 unspecified atom stereocenters. The van der Waals surface area contributed by atoms with Gasteiger partial charge in [0.05, 0.1) is 0 Å². The van der Waals surface area contributed by atoms with Crippen molar-refractivity contribution in [1.29, 1.82) is 0 Å². The van der Waals surface area contributed by atoms with E-state index in [0.29, 0.717) is 16.9 Å². The van der Waals surface area contributed by atoms with Crippen LogP contribution < -0.4 is 16.0 Å². The summed E-state index contributed by atoms with van der Waals surface area (Å²) in [6.07, 6.45) is 1.00. The van der Waals surface area contributed by atoms with Gasteiger partial charge in [-0.15, -0.1) is 0 Å². The van der Waals surface area contributed by atoms with Crippen LogP contribution in [0.25, 0.3) is 11.3 Å². The summed E-state index contributed by atoms with van der Waals surface area (Å²) < 4.78 is 44.3. The molecule has 1 fully saturated rings. The van der Waals surface area contributed by atoms with Crippen LogP contribution in [-0.4, -0.2) is 40.8 Å². The first-order valence-electron chi connectivity index (χ1n) is 12.6. The van der Waals surface area contributed by atoms with E-state index in [1.807, 2.05) is 0 Å². The third-order valence-corrected chi connectivity index (χ3v) is 6.57. The molecule has 0 aliphatic heterocycles. The van der Waals surface area contributed by atoms with Crippen LogP contribution in [-0.2, 0) is 17.5 Å². The highest BCUT2D eigenvalue weighted by molar-refractivity contribution is 5.96. The van der Waals surface area contributed by atoms with Crippen LogP contribution >= 0.6 is 0 Å². The van der Waals surface area contributed by atoms with Gasteiger partial charge in [-0.25, -0.2) is 9.97 Å². The number of benzene rings is 1. The van der Waals surface area contributed by atoms with Gasteiger partial charge in [0.25, 0.3) is 11.8 Å². The Labute approximate surface area is 222 Å². The minimum atomic E-state index is -4.76. The molecule has 0 spiro atoms. The first-order valence-corrected chi connectivity index (χ1v) is 12.6. The topological polar surface area (TPSA) is 126 Å².